The quantitative estimate of drug-likeness (QED) is 0.709. The van der Waals surface area contributed by atoms with Crippen LogP contribution in [0.1, 0.15) is 50.0 Å². The second-order valence-corrected chi connectivity index (χ2v) is 9.07. The first-order chi connectivity index (χ1) is 11.8. The number of aryl methyl sites for hydroxylation is 1. The van der Waals surface area contributed by atoms with Crippen molar-refractivity contribution in [3.05, 3.63) is 29.3 Å². The van der Waals surface area contributed by atoms with Crippen LogP contribution in [0.5, 0.6) is 0 Å². The molecule has 0 radical (unpaired) electrons. The van der Waals surface area contributed by atoms with Crippen LogP contribution in [0.25, 0.3) is 0 Å². The summed E-state index contributed by atoms with van der Waals surface area (Å²) in [7, 11) is -3.48. The molecule has 0 spiro atoms. The Morgan fingerprint density at radius 2 is 1.88 bits per heavy atom. The van der Waals surface area contributed by atoms with Crippen molar-refractivity contribution < 1.29 is 27.9 Å². The molecule has 1 rings (SSSR count). The number of carbonyl (C=O) groups is 2. The maximum atomic E-state index is 12.6. The predicted molar refractivity (Wildman–Crippen MR) is 98.1 cm³/mol. The van der Waals surface area contributed by atoms with E-state index < -0.39 is 33.4 Å². The Morgan fingerprint density at radius 3 is 2.35 bits per heavy atom. The smallest absolute Gasteiger partial charge is 0.326 e. The number of carbonyl (C=O) groups excluding carboxylic acids is 1. The highest BCUT2D eigenvalue weighted by molar-refractivity contribution is 7.90. The van der Waals surface area contributed by atoms with Crippen molar-refractivity contribution in [1.29, 1.82) is 0 Å². The number of amides is 1. The number of ether oxygens (including phenoxy) is 1. The van der Waals surface area contributed by atoms with E-state index >= 15 is 0 Å². The molecule has 2 N–H and O–H groups in total. The zero-order chi connectivity index (χ0) is 20.1. The topological polar surface area (TPSA) is 110 Å². The van der Waals surface area contributed by atoms with Gasteiger partial charge in [-0.3, -0.25) is 4.79 Å². The fraction of sp³-hybridized carbons (Fsp3) is 0.556. The van der Waals surface area contributed by atoms with Crippen LogP contribution in [0.2, 0.25) is 0 Å². The molecule has 0 aliphatic heterocycles. The van der Waals surface area contributed by atoms with Crippen LogP contribution >= 0.6 is 0 Å². The molecule has 1 atom stereocenters. The van der Waals surface area contributed by atoms with Gasteiger partial charge in [-0.1, -0.05) is 13.0 Å². The zero-order valence-corrected chi connectivity index (χ0v) is 16.6. The molecule has 1 amide bonds. The monoisotopic (exact) mass is 385 g/mol. The van der Waals surface area contributed by atoms with E-state index in [-0.39, 0.29) is 23.5 Å². The summed E-state index contributed by atoms with van der Waals surface area (Å²) in [4.78, 5) is 24.0. The van der Waals surface area contributed by atoms with Crippen LogP contribution in [-0.2, 0) is 25.8 Å². The molecule has 0 saturated heterocycles. The van der Waals surface area contributed by atoms with Gasteiger partial charge in [0.15, 0.2) is 9.84 Å². The minimum absolute atomic E-state index is 0.0165. The molecular weight excluding hydrogens is 358 g/mol. The largest absolute Gasteiger partial charge is 0.480 e. The number of carboxylic acid groups (broad SMARTS) is 1. The van der Waals surface area contributed by atoms with Gasteiger partial charge in [-0.25, -0.2) is 13.2 Å². The number of sulfone groups is 1. The Morgan fingerprint density at radius 1 is 1.27 bits per heavy atom. The third-order valence-corrected chi connectivity index (χ3v) is 4.79. The van der Waals surface area contributed by atoms with Crippen molar-refractivity contribution in [3.8, 4) is 0 Å². The van der Waals surface area contributed by atoms with Crippen LogP contribution < -0.4 is 5.32 Å². The highest BCUT2D eigenvalue weighted by atomic mass is 32.2. The van der Waals surface area contributed by atoms with E-state index in [4.69, 9.17) is 4.74 Å². The molecule has 1 unspecified atom stereocenters. The Hall–Kier alpha value is -1.93. The van der Waals surface area contributed by atoms with Crippen molar-refractivity contribution in [2.45, 2.75) is 57.1 Å². The molecule has 146 valence electrons. The van der Waals surface area contributed by atoms with Gasteiger partial charge in [0.05, 0.1) is 10.5 Å². The lowest BCUT2D eigenvalue weighted by molar-refractivity contribution is -0.140. The Kier molecular flexibility index (Phi) is 7.35. The maximum Gasteiger partial charge on any atom is 0.326 e. The molecule has 7 nitrogen and oxygen atoms in total. The highest BCUT2D eigenvalue weighted by Crippen LogP contribution is 2.17. The highest BCUT2D eigenvalue weighted by Gasteiger charge is 2.23. The first-order valence-electron chi connectivity index (χ1n) is 8.35. The van der Waals surface area contributed by atoms with Gasteiger partial charge in [-0.2, -0.15) is 0 Å². The third-order valence-electron chi connectivity index (χ3n) is 3.68. The lowest BCUT2D eigenvalue weighted by Gasteiger charge is -2.22. The number of rotatable bonds is 8. The van der Waals surface area contributed by atoms with E-state index in [1.54, 1.807) is 6.07 Å². The summed E-state index contributed by atoms with van der Waals surface area (Å²) in [6.07, 6.45) is 1.67. The van der Waals surface area contributed by atoms with Gasteiger partial charge in [-0.15, -0.1) is 0 Å². The van der Waals surface area contributed by atoms with Crippen LogP contribution in [0.3, 0.4) is 0 Å². The zero-order valence-electron chi connectivity index (χ0n) is 15.8. The molecule has 1 aromatic rings. The predicted octanol–water partition coefficient (Wildman–Crippen LogP) is 2.04. The molecule has 0 saturated carbocycles. The summed E-state index contributed by atoms with van der Waals surface area (Å²) in [6, 6.07) is 3.17. The fourth-order valence-electron chi connectivity index (χ4n) is 2.28. The minimum atomic E-state index is -3.48. The molecular formula is C18H27NO6S. The summed E-state index contributed by atoms with van der Waals surface area (Å²) in [5.74, 6) is -1.79. The lowest BCUT2D eigenvalue weighted by atomic mass is 10.0. The molecule has 0 aliphatic rings. The van der Waals surface area contributed by atoms with Gasteiger partial charge in [0.2, 0.25) is 0 Å². The van der Waals surface area contributed by atoms with E-state index in [1.807, 2.05) is 27.7 Å². The number of hydrogen-bond donors (Lipinski definition) is 2. The summed E-state index contributed by atoms with van der Waals surface area (Å²) in [6.45, 7) is 7.56. The Bertz CT molecular complexity index is 764. The first kappa shape index (κ1) is 22.1. The molecule has 1 aromatic carbocycles. The standard InChI is InChI=1S/C18H27NO6S/c1-6-12-7-8-13(26(5,23)24)11-14(12)16(20)19-15(17(21)22)9-10-25-18(2,3)4/h7-8,11,15H,6,9-10H2,1-5H3,(H,19,20)(H,21,22). The van der Waals surface area contributed by atoms with E-state index in [0.29, 0.717) is 12.0 Å². The van der Waals surface area contributed by atoms with Crippen molar-refractivity contribution in [1.82, 2.24) is 5.32 Å². The molecule has 0 aliphatic carbocycles. The number of carboxylic acids is 1. The van der Waals surface area contributed by atoms with Gasteiger partial charge >= 0.3 is 5.97 Å². The van der Waals surface area contributed by atoms with Crippen LogP contribution in [0.15, 0.2) is 23.1 Å². The molecule has 0 aromatic heterocycles. The van der Waals surface area contributed by atoms with E-state index in [1.165, 1.54) is 12.1 Å². The van der Waals surface area contributed by atoms with Crippen LogP contribution in [-0.4, -0.2) is 49.9 Å². The first-order valence-corrected chi connectivity index (χ1v) is 10.2. The summed E-state index contributed by atoms with van der Waals surface area (Å²) < 4.78 is 29.0. The molecule has 8 heteroatoms. The van der Waals surface area contributed by atoms with Gasteiger partial charge in [-0.05, 0) is 44.9 Å². The second kappa shape index (κ2) is 8.64. The Labute approximate surface area is 154 Å². The maximum absolute atomic E-state index is 12.6. The average Bonchev–Trinajstić information content (AvgIpc) is 2.50. The molecule has 0 heterocycles. The fourth-order valence-corrected chi connectivity index (χ4v) is 2.93. The van der Waals surface area contributed by atoms with Gasteiger partial charge < -0.3 is 15.2 Å². The van der Waals surface area contributed by atoms with Crippen LogP contribution in [0, 0.1) is 0 Å². The van der Waals surface area contributed by atoms with Crippen LogP contribution in [0.4, 0.5) is 0 Å². The summed E-state index contributed by atoms with van der Waals surface area (Å²) in [5.41, 5.74) is 0.398. The average molecular weight is 385 g/mol. The van der Waals surface area contributed by atoms with Crippen molar-refractivity contribution in [2.24, 2.45) is 0 Å². The number of benzene rings is 1. The number of aliphatic carboxylic acids is 1. The SMILES string of the molecule is CCc1ccc(S(C)(=O)=O)cc1C(=O)NC(CCOC(C)(C)C)C(=O)O. The lowest BCUT2D eigenvalue weighted by Crippen LogP contribution is -2.42. The Balaban J connectivity index is 3.00. The normalized spacial score (nSPS) is 13.3. The van der Waals surface area contributed by atoms with Gasteiger partial charge in [0.1, 0.15) is 6.04 Å². The molecule has 0 fully saturated rings. The summed E-state index contributed by atoms with van der Waals surface area (Å²) in [5, 5.41) is 11.8. The van der Waals surface area contributed by atoms with Gasteiger partial charge in [0.25, 0.3) is 5.91 Å². The number of hydrogen-bond acceptors (Lipinski definition) is 5. The summed E-state index contributed by atoms with van der Waals surface area (Å²) >= 11 is 0. The van der Waals surface area contributed by atoms with E-state index in [0.717, 1.165) is 6.26 Å². The van der Waals surface area contributed by atoms with E-state index in [2.05, 4.69) is 5.32 Å². The minimum Gasteiger partial charge on any atom is -0.480 e. The van der Waals surface area contributed by atoms with Crippen molar-refractivity contribution in [2.75, 3.05) is 12.9 Å². The van der Waals surface area contributed by atoms with Crippen molar-refractivity contribution in [3.63, 3.8) is 0 Å². The van der Waals surface area contributed by atoms with Gasteiger partial charge in [0, 0.05) is 24.8 Å². The second-order valence-electron chi connectivity index (χ2n) is 7.06. The molecule has 26 heavy (non-hydrogen) atoms. The molecule has 0 bridgehead atoms. The third kappa shape index (κ3) is 6.76. The van der Waals surface area contributed by atoms with E-state index in [9.17, 15) is 23.1 Å². The number of nitrogens with one attached hydrogen (secondary N) is 1. The van der Waals surface area contributed by atoms with Crippen molar-refractivity contribution >= 4 is 21.7 Å².